The minimum atomic E-state index is -1.04. The van der Waals surface area contributed by atoms with E-state index in [4.69, 9.17) is 11.6 Å². The maximum Gasteiger partial charge on any atom is 0.227 e. The van der Waals surface area contributed by atoms with Crippen LogP contribution in [0.4, 0.5) is 0 Å². The van der Waals surface area contributed by atoms with Gasteiger partial charge in [0.2, 0.25) is 11.8 Å². The maximum atomic E-state index is 13.6. The predicted molar refractivity (Wildman–Crippen MR) is 128 cm³/mol. The first-order chi connectivity index (χ1) is 15.6. The van der Waals surface area contributed by atoms with Crippen LogP contribution in [0.15, 0.2) is 24.3 Å². The highest BCUT2D eigenvalue weighted by molar-refractivity contribution is 6.30. The van der Waals surface area contributed by atoms with Crippen molar-refractivity contribution in [3.63, 3.8) is 0 Å². The molecule has 0 aromatic heterocycles. The Bertz CT molecular complexity index is 874. The smallest absolute Gasteiger partial charge is 0.227 e. The number of carbonyl (C=O) groups excluding carboxylic acids is 2. The van der Waals surface area contributed by atoms with E-state index >= 15 is 0 Å². The molecule has 3 aliphatic rings. The number of hydrogen-bond donors (Lipinski definition) is 3. The largest absolute Gasteiger partial charge is 0.393 e. The van der Waals surface area contributed by atoms with Crippen molar-refractivity contribution >= 4 is 23.4 Å². The summed E-state index contributed by atoms with van der Waals surface area (Å²) in [6, 6.07) is 7.17. The van der Waals surface area contributed by atoms with E-state index < -0.39 is 11.0 Å². The van der Waals surface area contributed by atoms with E-state index in [0.717, 1.165) is 31.2 Å². The number of halogens is 1. The van der Waals surface area contributed by atoms with Crippen LogP contribution in [0.5, 0.6) is 0 Å². The minimum absolute atomic E-state index is 0.0210. The standard InChI is InChI=1S/C26H37ClN2O4/c1-25(2)16-29(14-13-26(25,33)18-8-10-19(27)11-9-18)24(32)21-5-3-4-6-22(21)28-23(31)17-7-12-20(30)15-17/h8-11,17,20-22,30,33H,3-7,12-16H2,1-2H3,(H,28,31)/t17-,20-,21-,22+,26-/m0/s1. The lowest BCUT2D eigenvalue weighted by Gasteiger charge is -2.51. The van der Waals surface area contributed by atoms with Gasteiger partial charge in [-0.1, -0.05) is 50.4 Å². The molecule has 1 aromatic carbocycles. The summed E-state index contributed by atoms with van der Waals surface area (Å²) in [4.78, 5) is 28.3. The summed E-state index contributed by atoms with van der Waals surface area (Å²) >= 11 is 6.04. The number of nitrogens with zero attached hydrogens (tertiary/aromatic N) is 1. The van der Waals surface area contributed by atoms with Crippen LogP contribution in [-0.2, 0) is 15.2 Å². The quantitative estimate of drug-likeness (QED) is 0.619. The van der Waals surface area contributed by atoms with Gasteiger partial charge in [0.05, 0.1) is 17.6 Å². The molecule has 1 heterocycles. The number of benzene rings is 1. The van der Waals surface area contributed by atoms with Gasteiger partial charge >= 0.3 is 0 Å². The van der Waals surface area contributed by atoms with E-state index in [9.17, 15) is 19.8 Å². The van der Waals surface area contributed by atoms with Crippen molar-refractivity contribution in [3.05, 3.63) is 34.9 Å². The molecule has 3 fully saturated rings. The summed E-state index contributed by atoms with van der Waals surface area (Å²) in [5.74, 6) is -0.322. The molecule has 2 saturated carbocycles. The zero-order valence-corrected chi connectivity index (χ0v) is 20.5. The Morgan fingerprint density at radius 2 is 1.79 bits per heavy atom. The first-order valence-corrected chi connectivity index (χ1v) is 12.7. The van der Waals surface area contributed by atoms with Crippen molar-refractivity contribution in [2.45, 2.75) is 83.0 Å². The van der Waals surface area contributed by atoms with Crippen LogP contribution >= 0.6 is 11.6 Å². The van der Waals surface area contributed by atoms with E-state index in [2.05, 4.69) is 5.32 Å². The maximum absolute atomic E-state index is 13.6. The van der Waals surface area contributed by atoms with E-state index in [1.807, 2.05) is 30.9 Å². The molecule has 33 heavy (non-hydrogen) atoms. The van der Waals surface area contributed by atoms with Crippen LogP contribution in [0, 0.1) is 17.3 Å². The number of aliphatic hydroxyl groups is 2. The van der Waals surface area contributed by atoms with Gasteiger partial charge in [-0.3, -0.25) is 9.59 Å². The molecule has 4 rings (SSSR count). The van der Waals surface area contributed by atoms with E-state index in [0.29, 0.717) is 43.8 Å². The van der Waals surface area contributed by atoms with Gasteiger partial charge in [-0.15, -0.1) is 0 Å². The lowest BCUT2D eigenvalue weighted by molar-refractivity contribution is -0.158. The normalized spacial score (nSPS) is 34.2. The third kappa shape index (κ3) is 4.94. The van der Waals surface area contributed by atoms with Gasteiger partial charge in [0.25, 0.3) is 0 Å². The second-order valence-electron chi connectivity index (χ2n) is 10.9. The molecule has 2 aliphatic carbocycles. The number of carbonyl (C=O) groups is 2. The third-order valence-corrected chi connectivity index (χ3v) is 8.52. The van der Waals surface area contributed by atoms with Crippen molar-refractivity contribution in [1.29, 1.82) is 0 Å². The third-order valence-electron chi connectivity index (χ3n) is 8.27. The summed E-state index contributed by atoms with van der Waals surface area (Å²) in [6.45, 7) is 4.95. The molecule has 182 valence electrons. The van der Waals surface area contributed by atoms with Crippen LogP contribution in [0.3, 0.4) is 0 Å². The number of piperidine rings is 1. The van der Waals surface area contributed by atoms with E-state index in [-0.39, 0.29) is 35.8 Å². The molecule has 0 unspecified atom stereocenters. The second-order valence-corrected chi connectivity index (χ2v) is 11.4. The van der Waals surface area contributed by atoms with Crippen LogP contribution in [0.2, 0.25) is 5.02 Å². The van der Waals surface area contributed by atoms with Gasteiger partial charge in [0.15, 0.2) is 0 Å². The van der Waals surface area contributed by atoms with Crippen LogP contribution < -0.4 is 5.32 Å². The fourth-order valence-electron chi connectivity index (χ4n) is 6.10. The van der Waals surface area contributed by atoms with Crippen LogP contribution in [0.1, 0.15) is 70.8 Å². The summed E-state index contributed by atoms with van der Waals surface area (Å²) in [6.07, 6.45) is 5.53. The fourth-order valence-corrected chi connectivity index (χ4v) is 6.23. The molecule has 1 aromatic rings. The van der Waals surface area contributed by atoms with Gasteiger partial charge in [-0.2, -0.15) is 0 Å². The van der Waals surface area contributed by atoms with Crippen molar-refractivity contribution in [3.8, 4) is 0 Å². The van der Waals surface area contributed by atoms with Gasteiger partial charge in [-0.05, 0) is 56.2 Å². The molecule has 0 radical (unpaired) electrons. The SMILES string of the molecule is CC1(C)CN(C(=O)[C@H]2CCCC[C@H]2NC(=O)[C@H]2CC[C@H](O)C2)CC[C@]1(O)c1ccc(Cl)cc1. The van der Waals surface area contributed by atoms with Crippen molar-refractivity contribution in [1.82, 2.24) is 10.2 Å². The lowest BCUT2D eigenvalue weighted by atomic mass is 9.66. The zero-order chi connectivity index (χ0) is 23.8. The molecule has 0 spiro atoms. The van der Waals surface area contributed by atoms with Gasteiger partial charge < -0.3 is 20.4 Å². The second kappa shape index (κ2) is 9.55. The molecule has 7 heteroatoms. The molecule has 2 amide bonds. The highest BCUT2D eigenvalue weighted by Crippen LogP contribution is 2.46. The monoisotopic (exact) mass is 476 g/mol. The number of hydrogen-bond acceptors (Lipinski definition) is 4. The average Bonchev–Trinajstić information content (AvgIpc) is 3.22. The first kappa shape index (κ1) is 24.5. The van der Waals surface area contributed by atoms with Gasteiger partial charge in [0.1, 0.15) is 0 Å². The number of nitrogens with one attached hydrogen (secondary N) is 1. The molecule has 3 N–H and O–H groups in total. The number of rotatable bonds is 4. The van der Waals surface area contributed by atoms with E-state index in [1.54, 1.807) is 12.1 Å². The van der Waals surface area contributed by atoms with Crippen LogP contribution in [0.25, 0.3) is 0 Å². The first-order valence-electron chi connectivity index (χ1n) is 12.4. The highest BCUT2D eigenvalue weighted by atomic mass is 35.5. The van der Waals surface area contributed by atoms with Crippen LogP contribution in [-0.4, -0.2) is 52.2 Å². The lowest BCUT2D eigenvalue weighted by Crippen LogP contribution is -2.59. The topological polar surface area (TPSA) is 89.9 Å². The summed E-state index contributed by atoms with van der Waals surface area (Å²) < 4.78 is 0. The van der Waals surface area contributed by atoms with Gasteiger partial charge in [0, 0.05) is 35.5 Å². The van der Waals surface area contributed by atoms with E-state index in [1.165, 1.54) is 0 Å². The Morgan fingerprint density at radius 1 is 1.09 bits per heavy atom. The van der Waals surface area contributed by atoms with Crippen molar-refractivity contribution in [2.75, 3.05) is 13.1 Å². The molecule has 1 saturated heterocycles. The Kier molecular flexibility index (Phi) is 7.09. The molecule has 1 aliphatic heterocycles. The Balaban J connectivity index is 1.44. The average molecular weight is 477 g/mol. The Hall–Kier alpha value is -1.63. The summed E-state index contributed by atoms with van der Waals surface area (Å²) in [5, 5.41) is 25.2. The number of likely N-dealkylation sites (tertiary alicyclic amines) is 1. The van der Waals surface area contributed by atoms with Crippen molar-refractivity contribution in [2.24, 2.45) is 17.3 Å². The Morgan fingerprint density at radius 3 is 2.42 bits per heavy atom. The summed E-state index contributed by atoms with van der Waals surface area (Å²) in [7, 11) is 0. The fraction of sp³-hybridized carbons (Fsp3) is 0.692. The molecule has 5 atom stereocenters. The summed E-state index contributed by atoms with van der Waals surface area (Å²) in [5.41, 5.74) is -0.759. The minimum Gasteiger partial charge on any atom is -0.393 e. The van der Waals surface area contributed by atoms with Gasteiger partial charge in [-0.25, -0.2) is 0 Å². The molecule has 6 nitrogen and oxygen atoms in total. The molecular weight excluding hydrogens is 440 g/mol. The zero-order valence-electron chi connectivity index (χ0n) is 19.7. The Labute approximate surface area is 201 Å². The molecule has 0 bridgehead atoms. The number of aliphatic hydroxyl groups excluding tert-OH is 1. The predicted octanol–water partition coefficient (Wildman–Crippen LogP) is 3.62. The number of amides is 2. The highest BCUT2D eigenvalue weighted by Gasteiger charge is 2.50. The van der Waals surface area contributed by atoms with Crippen molar-refractivity contribution < 1.29 is 19.8 Å². The molecular formula is C26H37ClN2O4.